The Morgan fingerprint density at radius 2 is 2.26 bits per heavy atom. The average Bonchev–Trinajstić information content (AvgIpc) is 3.12. The van der Waals surface area contributed by atoms with E-state index in [0.717, 1.165) is 13.0 Å². The van der Waals surface area contributed by atoms with E-state index in [1.54, 1.807) is 0 Å². The van der Waals surface area contributed by atoms with E-state index < -0.39 is 5.97 Å². The number of halogens is 1. The lowest BCUT2D eigenvalue weighted by Gasteiger charge is -2.20. The maximum atomic E-state index is 11.0. The highest BCUT2D eigenvalue weighted by Crippen LogP contribution is 2.39. The highest BCUT2D eigenvalue weighted by molar-refractivity contribution is 6.33. The molecule has 1 aliphatic carbocycles. The number of hydrogen-bond donors (Lipinski definition) is 2. The molecule has 2 unspecified atom stereocenters. The van der Waals surface area contributed by atoms with Gasteiger partial charge in [-0.2, -0.15) is 0 Å². The zero-order valence-electron chi connectivity index (χ0n) is 10.3. The SMILES string of the molecule is O=C(O)c1cc(NC2CCOC2C2CC2)ncc1Cl. The largest absolute Gasteiger partial charge is 0.478 e. The van der Waals surface area contributed by atoms with E-state index in [-0.39, 0.29) is 22.7 Å². The number of anilines is 1. The summed E-state index contributed by atoms with van der Waals surface area (Å²) in [6.45, 7) is 0.748. The highest BCUT2D eigenvalue weighted by atomic mass is 35.5. The number of rotatable bonds is 4. The van der Waals surface area contributed by atoms with Crippen LogP contribution in [0.3, 0.4) is 0 Å². The van der Waals surface area contributed by atoms with Gasteiger partial charge < -0.3 is 15.2 Å². The molecule has 1 aromatic heterocycles. The molecule has 6 heteroatoms. The lowest BCUT2D eigenvalue weighted by atomic mass is 10.1. The summed E-state index contributed by atoms with van der Waals surface area (Å²) in [5, 5.41) is 12.5. The third-order valence-corrected chi connectivity index (χ3v) is 3.94. The summed E-state index contributed by atoms with van der Waals surface area (Å²) in [4.78, 5) is 15.2. The van der Waals surface area contributed by atoms with Gasteiger partial charge >= 0.3 is 5.97 Å². The number of carboxylic acid groups (broad SMARTS) is 1. The Morgan fingerprint density at radius 3 is 2.95 bits per heavy atom. The van der Waals surface area contributed by atoms with Crippen LogP contribution in [-0.4, -0.2) is 34.8 Å². The first-order valence-corrected chi connectivity index (χ1v) is 6.80. The van der Waals surface area contributed by atoms with Crippen molar-refractivity contribution in [3.05, 3.63) is 22.8 Å². The quantitative estimate of drug-likeness (QED) is 0.887. The van der Waals surface area contributed by atoms with Crippen LogP contribution in [0.2, 0.25) is 5.02 Å². The minimum atomic E-state index is -1.04. The Bertz CT molecular complexity index is 505. The topological polar surface area (TPSA) is 71.5 Å². The summed E-state index contributed by atoms with van der Waals surface area (Å²) >= 11 is 5.80. The minimum absolute atomic E-state index is 0.0704. The first-order valence-electron chi connectivity index (χ1n) is 6.42. The normalized spacial score (nSPS) is 26.4. The second kappa shape index (κ2) is 4.98. The second-order valence-electron chi connectivity index (χ2n) is 5.07. The Morgan fingerprint density at radius 1 is 1.47 bits per heavy atom. The maximum absolute atomic E-state index is 11.0. The van der Waals surface area contributed by atoms with Gasteiger partial charge in [0.05, 0.1) is 22.7 Å². The van der Waals surface area contributed by atoms with E-state index in [1.165, 1.54) is 25.1 Å². The van der Waals surface area contributed by atoms with Crippen molar-refractivity contribution < 1.29 is 14.6 Å². The number of aromatic carboxylic acids is 1. The first kappa shape index (κ1) is 12.7. The molecule has 102 valence electrons. The number of pyridine rings is 1. The summed E-state index contributed by atoms with van der Waals surface area (Å²) in [6.07, 6.45) is 4.96. The average molecular weight is 283 g/mol. The molecular formula is C13H15ClN2O3. The number of ether oxygens (including phenoxy) is 1. The smallest absolute Gasteiger partial charge is 0.337 e. The van der Waals surface area contributed by atoms with Crippen molar-refractivity contribution in [2.24, 2.45) is 5.92 Å². The molecule has 5 nitrogen and oxygen atoms in total. The lowest BCUT2D eigenvalue weighted by Crippen LogP contribution is -2.31. The molecule has 0 spiro atoms. The van der Waals surface area contributed by atoms with Crippen molar-refractivity contribution in [2.75, 3.05) is 11.9 Å². The number of carboxylic acids is 1. The molecule has 2 fully saturated rings. The van der Waals surface area contributed by atoms with E-state index in [2.05, 4.69) is 10.3 Å². The van der Waals surface area contributed by atoms with E-state index in [4.69, 9.17) is 21.4 Å². The van der Waals surface area contributed by atoms with Gasteiger partial charge in [-0.3, -0.25) is 0 Å². The Labute approximate surface area is 115 Å². The van der Waals surface area contributed by atoms with Crippen LogP contribution in [0.1, 0.15) is 29.6 Å². The summed E-state index contributed by atoms with van der Waals surface area (Å²) < 4.78 is 5.73. The van der Waals surface area contributed by atoms with Crippen LogP contribution in [0.15, 0.2) is 12.3 Å². The van der Waals surface area contributed by atoms with Crippen molar-refractivity contribution in [3.63, 3.8) is 0 Å². The molecule has 2 atom stereocenters. The second-order valence-corrected chi connectivity index (χ2v) is 5.47. The fraction of sp³-hybridized carbons (Fsp3) is 0.538. The molecule has 3 rings (SSSR count). The summed E-state index contributed by atoms with van der Waals surface area (Å²) in [5.74, 6) is 0.144. The van der Waals surface area contributed by atoms with Crippen molar-refractivity contribution in [2.45, 2.75) is 31.4 Å². The highest BCUT2D eigenvalue weighted by Gasteiger charge is 2.40. The van der Waals surface area contributed by atoms with Crippen LogP contribution >= 0.6 is 11.6 Å². The zero-order valence-corrected chi connectivity index (χ0v) is 11.1. The van der Waals surface area contributed by atoms with Crippen LogP contribution in [0, 0.1) is 5.92 Å². The molecule has 1 saturated heterocycles. The number of hydrogen-bond acceptors (Lipinski definition) is 4. The van der Waals surface area contributed by atoms with Crippen molar-refractivity contribution in [1.82, 2.24) is 4.98 Å². The van der Waals surface area contributed by atoms with Gasteiger partial charge in [0.25, 0.3) is 0 Å². The number of carbonyl (C=O) groups is 1. The monoisotopic (exact) mass is 282 g/mol. The first-order chi connectivity index (χ1) is 9.15. The van der Waals surface area contributed by atoms with Gasteiger partial charge in [0.15, 0.2) is 0 Å². The molecule has 0 amide bonds. The Hall–Kier alpha value is -1.33. The van der Waals surface area contributed by atoms with E-state index in [1.807, 2.05) is 0 Å². The van der Waals surface area contributed by atoms with Crippen molar-refractivity contribution >= 4 is 23.4 Å². The third-order valence-electron chi connectivity index (χ3n) is 3.64. The van der Waals surface area contributed by atoms with Gasteiger partial charge in [-0.1, -0.05) is 11.6 Å². The van der Waals surface area contributed by atoms with Crippen molar-refractivity contribution in [3.8, 4) is 0 Å². The summed E-state index contributed by atoms with van der Waals surface area (Å²) in [5.41, 5.74) is 0.0704. The fourth-order valence-electron chi connectivity index (χ4n) is 2.53. The molecule has 2 aliphatic rings. The molecule has 19 heavy (non-hydrogen) atoms. The van der Waals surface area contributed by atoms with Crippen LogP contribution in [-0.2, 0) is 4.74 Å². The number of aromatic nitrogens is 1. The zero-order chi connectivity index (χ0) is 13.4. The molecule has 0 aromatic carbocycles. The maximum Gasteiger partial charge on any atom is 0.337 e. The van der Waals surface area contributed by atoms with Crippen LogP contribution in [0.4, 0.5) is 5.82 Å². The number of nitrogens with zero attached hydrogens (tertiary/aromatic N) is 1. The fourth-order valence-corrected chi connectivity index (χ4v) is 2.71. The van der Waals surface area contributed by atoms with Gasteiger partial charge in [-0.15, -0.1) is 0 Å². The van der Waals surface area contributed by atoms with Gasteiger partial charge in [-0.25, -0.2) is 9.78 Å². The van der Waals surface area contributed by atoms with Gasteiger partial charge in [0, 0.05) is 12.8 Å². The van der Waals surface area contributed by atoms with Crippen molar-refractivity contribution in [1.29, 1.82) is 0 Å². The molecule has 1 aromatic rings. The van der Waals surface area contributed by atoms with Crippen LogP contribution in [0.25, 0.3) is 0 Å². The predicted molar refractivity (Wildman–Crippen MR) is 70.7 cm³/mol. The lowest BCUT2D eigenvalue weighted by molar-refractivity contribution is 0.0697. The Kier molecular flexibility index (Phi) is 3.33. The minimum Gasteiger partial charge on any atom is -0.478 e. The van der Waals surface area contributed by atoms with Gasteiger partial charge in [0.2, 0.25) is 0 Å². The molecular weight excluding hydrogens is 268 g/mol. The summed E-state index contributed by atoms with van der Waals surface area (Å²) in [7, 11) is 0. The molecule has 0 bridgehead atoms. The van der Waals surface area contributed by atoms with Gasteiger partial charge in [-0.05, 0) is 31.2 Å². The Balaban J connectivity index is 1.75. The summed E-state index contributed by atoms with van der Waals surface area (Å²) in [6, 6.07) is 1.69. The van der Waals surface area contributed by atoms with E-state index in [9.17, 15) is 4.79 Å². The van der Waals surface area contributed by atoms with E-state index in [0.29, 0.717) is 11.7 Å². The van der Waals surface area contributed by atoms with E-state index >= 15 is 0 Å². The molecule has 1 aliphatic heterocycles. The molecule has 1 saturated carbocycles. The predicted octanol–water partition coefficient (Wildman–Crippen LogP) is 2.41. The standard InChI is InChI=1S/C13H15ClN2O3/c14-9-6-15-11(5-8(9)13(17)18)16-10-3-4-19-12(10)7-1-2-7/h5-7,10,12H,1-4H2,(H,15,16)(H,17,18). The number of nitrogens with one attached hydrogen (secondary N) is 1. The third kappa shape index (κ3) is 2.67. The molecule has 2 heterocycles. The molecule has 2 N–H and O–H groups in total. The van der Waals surface area contributed by atoms with Crippen LogP contribution in [0.5, 0.6) is 0 Å². The van der Waals surface area contributed by atoms with Crippen LogP contribution < -0.4 is 5.32 Å². The van der Waals surface area contributed by atoms with Gasteiger partial charge in [0.1, 0.15) is 5.82 Å². The molecule has 0 radical (unpaired) electrons.